The number of rotatable bonds is 6. The van der Waals surface area contributed by atoms with E-state index in [1.54, 1.807) is 12.1 Å². The van der Waals surface area contributed by atoms with Gasteiger partial charge in [0.15, 0.2) is 0 Å². The van der Waals surface area contributed by atoms with E-state index in [4.69, 9.17) is 4.74 Å². The molecule has 2 aromatic carbocycles. The summed E-state index contributed by atoms with van der Waals surface area (Å²) in [6.45, 7) is 4.23. The molecule has 0 heterocycles. The predicted molar refractivity (Wildman–Crippen MR) is 96.5 cm³/mol. The maximum absolute atomic E-state index is 14.1. The fourth-order valence-corrected chi connectivity index (χ4v) is 3.43. The van der Waals surface area contributed by atoms with Crippen molar-refractivity contribution in [2.45, 2.75) is 50.8 Å². The summed E-state index contributed by atoms with van der Waals surface area (Å²) in [5, 5.41) is 10.8. The second-order valence-corrected chi connectivity index (χ2v) is 7.51. The van der Waals surface area contributed by atoms with Crippen molar-refractivity contribution in [2.24, 2.45) is 0 Å². The number of aryl methyl sites for hydroxylation is 1. The van der Waals surface area contributed by atoms with E-state index in [0.29, 0.717) is 0 Å². The topological polar surface area (TPSA) is 29.5 Å². The molecular weight excluding hydrogens is 360 g/mol. The van der Waals surface area contributed by atoms with Crippen molar-refractivity contribution in [2.75, 3.05) is 7.11 Å². The Morgan fingerprint density at radius 3 is 2.11 bits per heavy atom. The summed E-state index contributed by atoms with van der Waals surface area (Å²) in [5.41, 5.74) is -2.75. The van der Waals surface area contributed by atoms with Crippen molar-refractivity contribution in [3.8, 4) is 5.75 Å². The van der Waals surface area contributed by atoms with Crippen LogP contribution in [-0.2, 0) is 11.8 Å². The molecule has 2 rings (SSSR count). The summed E-state index contributed by atoms with van der Waals surface area (Å²) < 4.78 is 61.0. The minimum absolute atomic E-state index is 0.0383. The molecule has 2 unspecified atom stereocenters. The van der Waals surface area contributed by atoms with E-state index in [0.717, 1.165) is 30.2 Å². The predicted octanol–water partition coefficient (Wildman–Crippen LogP) is 5.35. The molecule has 0 saturated carbocycles. The van der Waals surface area contributed by atoms with Crippen LogP contribution in [0.5, 0.6) is 5.75 Å². The van der Waals surface area contributed by atoms with E-state index in [1.165, 1.54) is 20.1 Å². The van der Waals surface area contributed by atoms with Crippen molar-refractivity contribution in [3.63, 3.8) is 0 Å². The van der Waals surface area contributed by atoms with Crippen LogP contribution in [0.4, 0.5) is 17.6 Å². The van der Waals surface area contributed by atoms with E-state index >= 15 is 0 Å². The number of hydrogen-bond donors (Lipinski definition) is 1. The van der Waals surface area contributed by atoms with Gasteiger partial charge in [-0.15, -0.1) is 0 Å². The molecule has 0 saturated heterocycles. The van der Waals surface area contributed by atoms with Crippen molar-refractivity contribution in [1.82, 2.24) is 0 Å². The Morgan fingerprint density at radius 1 is 1.00 bits per heavy atom. The number of halogens is 4. The molecule has 1 N–H and O–H groups in total. The Morgan fingerprint density at radius 2 is 1.59 bits per heavy atom. The third-order valence-corrected chi connectivity index (χ3v) is 4.82. The average molecular weight is 384 g/mol. The molecular formula is C21H24F4O2. The Hall–Kier alpha value is -2.08. The van der Waals surface area contributed by atoms with Crippen LogP contribution in [0, 0.1) is 12.7 Å². The van der Waals surface area contributed by atoms with Crippen molar-refractivity contribution in [3.05, 3.63) is 65.0 Å². The van der Waals surface area contributed by atoms with E-state index in [-0.39, 0.29) is 17.7 Å². The molecule has 148 valence electrons. The summed E-state index contributed by atoms with van der Waals surface area (Å²) in [4.78, 5) is 0. The Labute approximate surface area is 156 Å². The van der Waals surface area contributed by atoms with Crippen molar-refractivity contribution >= 4 is 0 Å². The van der Waals surface area contributed by atoms with Crippen LogP contribution in [0.1, 0.15) is 37.0 Å². The summed E-state index contributed by atoms with van der Waals surface area (Å²) in [6, 6.07) is 10.3. The summed E-state index contributed by atoms with van der Waals surface area (Å²) in [7, 11) is 1.23. The van der Waals surface area contributed by atoms with Gasteiger partial charge in [0.2, 0.25) is 0 Å². The van der Waals surface area contributed by atoms with Crippen molar-refractivity contribution < 1.29 is 27.4 Å². The number of methoxy groups -OCH3 is 1. The molecule has 0 aliphatic heterocycles. The van der Waals surface area contributed by atoms with Crippen LogP contribution in [0.2, 0.25) is 0 Å². The second-order valence-electron chi connectivity index (χ2n) is 7.51. The quantitative estimate of drug-likeness (QED) is 0.681. The first kappa shape index (κ1) is 21.2. The number of aliphatic hydroxyl groups is 1. The van der Waals surface area contributed by atoms with Gasteiger partial charge in [0.1, 0.15) is 11.6 Å². The van der Waals surface area contributed by atoms with E-state index in [2.05, 4.69) is 0 Å². The Kier molecular flexibility index (Phi) is 5.90. The molecule has 2 nitrogen and oxygen atoms in total. The van der Waals surface area contributed by atoms with Gasteiger partial charge in [-0.05, 0) is 51.0 Å². The van der Waals surface area contributed by atoms with Crippen LogP contribution < -0.4 is 4.74 Å². The lowest BCUT2D eigenvalue weighted by atomic mass is 9.71. The highest BCUT2D eigenvalue weighted by atomic mass is 19.4. The van der Waals surface area contributed by atoms with Crippen LogP contribution in [-0.4, -0.2) is 24.0 Å². The molecule has 0 amide bonds. The minimum atomic E-state index is -4.72. The molecule has 0 aromatic heterocycles. The van der Waals surface area contributed by atoms with Crippen molar-refractivity contribution in [1.29, 1.82) is 0 Å². The van der Waals surface area contributed by atoms with Crippen LogP contribution in [0.3, 0.4) is 0 Å². The maximum atomic E-state index is 14.1. The molecule has 0 radical (unpaired) electrons. The molecule has 2 atom stereocenters. The molecule has 0 bridgehead atoms. The first-order valence-corrected chi connectivity index (χ1v) is 8.57. The molecule has 0 aliphatic carbocycles. The average Bonchev–Trinajstić information content (AvgIpc) is 2.55. The van der Waals surface area contributed by atoms with E-state index < -0.39 is 29.4 Å². The monoisotopic (exact) mass is 384 g/mol. The Balaban J connectivity index is 2.44. The highest BCUT2D eigenvalue weighted by molar-refractivity contribution is 5.41. The number of benzene rings is 2. The molecule has 0 fully saturated rings. The molecule has 27 heavy (non-hydrogen) atoms. The first-order chi connectivity index (χ1) is 12.4. The van der Waals surface area contributed by atoms with Crippen LogP contribution in [0.25, 0.3) is 0 Å². The minimum Gasteiger partial charge on any atom is -0.496 e. The lowest BCUT2D eigenvalue weighted by Gasteiger charge is -2.39. The zero-order chi connectivity index (χ0) is 20.5. The summed E-state index contributed by atoms with van der Waals surface area (Å²) >= 11 is 0. The van der Waals surface area contributed by atoms with Gasteiger partial charge in [0.25, 0.3) is 0 Å². The maximum Gasteiger partial charge on any atom is 0.398 e. The standard InChI is InChI=1S/C21H24F4O2/c1-14-5-7-15(8-6-14)12-19(2,26)13-20(3,21(23,24)25)17-11-16(22)9-10-18(17)27-4/h5-11,26H,12-13H2,1-4H3. The zero-order valence-corrected chi connectivity index (χ0v) is 15.8. The summed E-state index contributed by atoms with van der Waals surface area (Å²) in [6.07, 6.45) is -5.32. The second kappa shape index (κ2) is 7.50. The van der Waals surface area contributed by atoms with Gasteiger partial charge >= 0.3 is 6.18 Å². The fraction of sp³-hybridized carbons (Fsp3) is 0.429. The third-order valence-electron chi connectivity index (χ3n) is 4.82. The van der Waals surface area contributed by atoms with Gasteiger partial charge in [0, 0.05) is 12.0 Å². The lowest BCUT2D eigenvalue weighted by Crippen LogP contribution is -2.47. The molecule has 0 aliphatic rings. The largest absolute Gasteiger partial charge is 0.496 e. The number of hydrogen-bond acceptors (Lipinski definition) is 2. The van der Waals surface area contributed by atoms with Gasteiger partial charge in [0.05, 0.1) is 18.1 Å². The molecule has 6 heteroatoms. The highest BCUT2D eigenvalue weighted by Crippen LogP contribution is 2.49. The van der Waals surface area contributed by atoms with Gasteiger partial charge in [-0.1, -0.05) is 29.8 Å². The smallest absolute Gasteiger partial charge is 0.398 e. The van der Waals surface area contributed by atoms with Crippen LogP contribution in [0.15, 0.2) is 42.5 Å². The SMILES string of the molecule is COc1ccc(F)cc1C(C)(CC(C)(O)Cc1ccc(C)cc1)C(F)(F)F. The van der Waals surface area contributed by atoms with E-state index in [1.807, 2.05) is 19.1 Å². The third kappa shape index (κ3) is 4.80. The zero-order valence-electron chi connectivity index (χ0n) is 15.8. The molecule has 0 spiro atoms. The van der Waals surface area contributed by atoms with Crippen LogP contribution >= 0.6 is 0 Å². The van der Waals surface area contributed by atoms with Gasteiger partial charge in [-0.3, -0.25) is 0 Å². The Bertz CT molecular complexity index is 782. The summed E-state index contributed by atoms with van der Waals surface area (Å²) in [5.74, 6) is -0.859. The van der Waals surface area contributed by atoms with Gasteiger partial charge in [-0.25, -0.2) is 4.39 Å². The van der Waals surface area contributed by atoms with Gasteiger partial charge in [-0.2, -0.15) is 13.2 Å². The lowest BCUT2D eigenvalue weighted by molar-refractivity contribution is -0.200. The number of ether oxygens (including phenoxy) is 1. The fourth-order valence-electron chi connectivity index (χ4n) is 3.43. The first-order valence-electron chi connectivity index (χ1n) is 8.57. The van der Waals surface area contributed by atoms with Gasteiger partial charge < -0.3 is 9.84 Å². The number of alkyl halides is 3. The highest BCUT2D eigenvalue weighted by Gasteiger charge is 2.56. The normalized spacial score (nSPS) is 16.5. The molecule has 2 aromatic rings. The van der Waals surface area contributed by atoms with E-state index in [9.17, 15) is 22.7 Å².